The van der Waals surface area contributed by atoms with Gasteiger partial charge in [0.25, 0.3) is 0 Å². The summed E-state index contributed by atoms with van der Waals surface area (Å²) in [6.07, 6.45) is 1.97. The zero-order chi connectivity index (χ0) is 11.5. The summed E-state index contributed by atoms with van der Waals surface area (Å²) in [4.78, 5) is 4.40. The fraction of sp³-hybridized carbons (Fsp3) is 0.273. The molecule has 0 aliphatic heterocycles. The maximum absolute atomic E-state index is 6.02. The molecule has 0 unspecified atom stereocenters. The number of rotatable bonds is 3. The Morgan fingerprint density at radius 1 is 1.44 bits per heavy atom. The Bertz CT molecular complexity index is 496. The molecule has 0 fully saturated rings. The van der Waals surface area contributed by atoms with Crippen LogP contribution >= 0.6 is 27.5 Å². The van der Waals surface area contributed by atoms with Crippen molar-refractivity contribution in [2.75, 3.05) is 0 Å². The van der Waals surface area contributed by atoms with Gasteiger partial charge in [-0.2, -0.15) is 5.10 Å². The van der Waals surface area contributed by atoms with Gasteiger partial charge < -0.3 is 0 Å². The molecule has 16 heavy (non-hydrogen) atoms. The van der Waals surface area contributed by atoms with Crippen molar-refractivity contribution in [3.63, 3.8) is 0 Å². The van der Waals surface area contributed by atoms with E-state index < -0.39 is 0 Å². The molecular formula is C11H11BrClN3. The first-order valence-corrected chi connectivity index (χ1v) is 6.24. The monoisotopic (exact) mass is 299 g/mol. The summed E-state index contributed by atoms with van der Waals surface area (Å²) in [6.45, 7) is 2.11. The third-order valence-corrected chi connectivity index (χ3v) is 3.43. The number of aryl methyl sites for hydroxylation is 1. The summed E-state index contributed by atoms with van der Waals surface area (Å²) in [7, 11) is 0. The molecule has 5 heteroatoms. The minimum absolute atomic E-state index is 0.666. The summed E-state index contributed by atoms with van der Waals surface area (Å²) in [5.41, 5.74) is 0.923. The molecule has 0 radical (unpaired) electrons. The van der Waals surface area contributed by atoms with E-state index in [1.165, 1.54) is 0 Å². The third kappa shape index (κ3) is 2.44. The van der Waals surface area contributed by atoms with E-state index in [1.807, 2.05) is 18.2 Å². The Labute approximate surface area is 107 Å². The SMILES string of the molecule is CCCc1nc(-c2ccc(Br)c(Cl)c2)n[nH]1. The summed E-state index contributed by atoms with van der Waals surface area (Å²) in [6, 6.07) is 5.69. The third-order valence-electron chi connectivity index (χ3n) is 2.20. The second kappa shape index (κ2) is 4.97. The van der Waals surface area contributed by atoms with E-state index in [9.17, 15) is 0 Å². The molecule has 1 aromatic carbocycles. The Morgan fingerprint density at radius 3 is 2.94 bits per heavy atom. The van der Waals surface area contributed by atoms with E-state index >= 15 is 0 Å². The number of hydrogen-bond donors (Lipinski definition) is 1. The van der Waals surface area contributed by atoms with Crippen molar-refractivity contribution >= 4 is 27.5 Å². The molecule has 0 saturated carbocycles. The van der Waals surface area contributed by atoms with E-state index in [1.54, 1.807) is 0 Å². The molecule has 0 spiro atoms. The van der Waals surface area contributed by atoms with E-state index in [2.05, 4.69) is 38.0 Å². The normalized spacial score (nSPS) is 10.7. The van der Waals surface area contributed by atoms with Crippen LogP contribution in [0.5, 0.6) is 0 Å². The maximum atomic E-state index is 6.02. The minimum atomic E-state index is 0.666. The quantitative estimate of drug-likeness (QED) is 0.935. The van der Waals surface area contributed by atoms with Crippen LogP contribution in [0.15, 0.2) is 22.7 Å². The Balaban J connectivity index is 2.31. The highest BCUT2D eigenvalue weighted by atomic mass is 79.9. The van der Waals surface area contributed by atoms with Gasteiger partial charge in [-0.25, -0.2) is 4.98 Å². The molecule has 1 heterocycles. The second-order valence-corrected chi connectivity index (χ2v) is 4.75. The van der Waals surface area contributed by atoms with Crippen molar-refractivity contribution in [1.29, 1.82) is 0 Å². The van der Waals surface area contributed by atoms with Crippen LogP contribution in [-0.4, -0.2) is 15.2 Å². The standard InChI is InChI=1S/C11H11BrClN3/c1-2-3-10-14-11(16-15-10)7-4-5-8(12)9(13)6-7/h4-6H,2-3H2,1H3,(H,14,15,16). The van der Waals surface area contributed by atoms with Crippen LogP contribution in [0.3, 0.4) is 0 Å². The molecule has 2 aromatic rings. The summed E-state index contributed by atoms with van der Waals surface area (Å²) < 4.78 is 0.877. The zero-order valence-electron chi connectivity index (χ0n) is 8.80. The fourth-order valence-electron chi connectivity index (χ4n) is 1.41. The van der Waals surface area contributed by atoms with Gasteiger partial charge in [-0.1, -0.05) is 18.5 Å². The second-order valence-electron chi connectivity index (χ2n) is 3.48. The number of nitrogens with zero attached hydrogens (tertiary/aromatic N) is 2. The van der Waals surface area contributed by atoms with Gasteiger partial charge >= 0.3 is 0 Å². The predicted molar refractivity (Wildman–Crippen MR) is 68.5 cm³/mol. The van der Waals surface area contributed by atoms with Gasteiger partial charge in [0.2, 0.25) is 0 Å². The molecule has 0 aliphatic rings. The van der Waals surface area contributed by atoms with Gasteiger partial charge in [-0.05, 0) is 40.5 Å². The van der Waals surface area contributed by atoms with Crippen molar-refractivity contribution in [3.8, 4) is 11.4 Å². The number of H-pyrrole nitrogens is 1. The molecule has 2 rings (SSSR count). The van der Waals surface area contributed by atoms with Crippen molar-refractivity contribution in [3.05, 3.63) is 33.5 Å². The van der Waals surface area contributed by atoms with Crippen molar-refractivity contribution in [2.45, 2.75) is 19.8 Å². The lowest BCUT2D eigenvalue weighted by Crippen LogP contribution is -1.85. The van der Waals surface area contributed by atoms with Crippen LogP contribution in [-0.2, 0) is 6.42 Å². The molecule has 0 aliphatic carbocycles. The first-order valence-electron chi connectivity index (χ1n) is 5.07. The smallest absolute Gasteiger partial charge is 0.181 e. The van der Waals surface area contributed by atoms with E-state index in [-0.39, 0.29) is 0 Å². The molecule has 0 bridgehead atoms. The Hall–Kier alpha value is -0.870. The number of aromatic amines is 1. The average Bonchev–Trinajstić information content (AvgIpc) is 2.71. The molecule has 0 atom stereocenters. The Kier molecular flexibility index (Phi) is 3.61. The van der Waals surface area contributed by atoms with Gasteiger partial charge in [0.15, 0.2) is 5.82 Å². The molecular weight excluding hydrogens is 289 g/mol. The highest BCUT2D eigenvalue weighted by Crippen LogP contribution is 2.27. The minimum Gasteiger partial charge on any atom is -0.263 e. The number of halogens is 2. The lowest BCUT2D eigenvalue weighted by molar-refractivity contribution is 0.841. The number of benzene rings is 1. The number of hydrogen-bond acceptors (Lipinski definition) is 2. The topological polar surface area (TPSA) is 41.6 Å². The van der Waals surface area contributed by atoms with Crippen molar-refractivity contribution in [1.82, 2.24) is 15.2 Å². The van der Waals surface area contributed by atoms with Crippen LogP contribution in [0.4, 0.5) is 0 Å². The molecule has 3 nitrogen and oxygen atoms in total. The largest absolute Gasteiger partial charge is 0.263 e. The van der Waals surface area contributed by atoms with E-state index in [4.69, 9.17) is 11.6 Å². The van der Waals surface area contributed by atoms with Crippen molar-refractivity contribution < 1.29 is 0 Å². The summed E-state index contributed by atoms with van der Waals surface area (Å²) in [5.74, 6) is 1.61. The maximum Gasteiger partial charge on any atom is 0.181 e. The molecule has 0 amide bonds. The lowest BCUT2D eigenvalue weighted by atomic mass is 10.2. The van der Waals surface area contributed by atoms with Crippen LogP contribution in [0.25, 0.3) is 11.4 Å². The van der Waals surface area contributed by atoms with Crippen LogP contribution in [0.1, 0.15) is 19.2 Å². The van der Waals surface area contributed by atoms with Crippen LogP contribution in [0, 0.1) is 0 Å². The highest BCUT2D eigenvalue weighted by Gasteiger charge is 2.07. The van der Waals surface area contributed by atoms with E-state index in [0.29, 0.717) is 10.8 Å². The molecule has 0 saturated heterocycles. The van der Waals surface area contributed by atoms with Crippen LogP contribution in [0.2, 0.25) is 5.02 Å². The van der Waals surface area contributed by atoms with Gasteiger partial charge in [0.1, 0.15) is 5.82 Å². The summed E-state index contributed by atoms with van der Waals surface area (Å²) in [5, 5.41) is 7.76. The van der Waals surface area contributed by atoms with Gasteiger partial charge in [0, 0.05) is 16.5 Å². The van der Waals surface area contributed by atoms with Gasteiger partial charge in [0.05, 0.1) is 5.02 Å². The first kappa shape index (κ1) is 11.6. The Morgan fingerprint density at radius 2 is 2.25 bits per heavy atom. The van der Waals surface area contributed by atoms with Gasteiger partial charge in [-0.15, -0.1) is 0 Å². The van der Waals surface area contributed by atoms with Crippen molar-refractivity contribution in [2.24, 2.45) is 0 Å². The fourth-order valence-corrected chi connectivity index (χ4v) is 1.84. The predicted octanol–water partition coefficient (Wildman–Crippen LogP) is 3.84. The average molecular weight is 301 g/mol. The molecule has 1 N–H and O–H groups in total. The molecule has 84 valence electrons. The lowest BCUT2D eigenvalue weighted by Gasteiger charge is -1.98. The number of nitrogens with one attached hydrogen (secondary N) is 1. The first-order chi connectivity index (χ1) is 7.70. The highest BCUT2D eigenvalue weighted by molar-refractivity contribution is 9.10. The van der Waals surface area contributed by atoms with Gasteiger partial charge in [-0.3, -0.25) is 5.10 Å². The van der Waals surface area contributed by atoms with Crippen LogP contribution < -0.4 is 0 Å². The zero-order valence-corrected chi connectivity index (χ0v) is 11.1. The van der Waals surface area contributed by atoms with E-state index in [0.717, 1.165) is 28.7 Å². The molecule has 1 aromatic heterocycles. The summed E-state index contributed by atoms with van der Waals surface area (Å²) >= 11 is 9.37. The number of aromatic nitrogens is 3.